The summed E-state index contributed by atoms with van der Waals surface area (Å²) in [5, 5.41) is 3.23. The van der Waals surface area contributed by atoms with Gasteiger partial charge in [-0.3, -0.25) is 9.59 Å². The molecule has 6 nitrogen and oxygen atoms in total. The Balaban J connectivity index is 1.45. The highest BCUT2D eigenvalue weighted by Crippen LogP contribution is 2.39. The van der Waals surface area contributed by atoms with E-state index in [0.717, 1.165) is 24.8 Å². The molecule has 1 atom stereocenters. The number of nitrogens with zero attached hydrogens (tertiary/aromatic N) is 2. The predicted octanol–water partition coefficient (Wildman–Crippen LogP) is 2.37. The molecular formula is C21H23N3O3. The van der Waals surface area contributed by atoms with Crippen LogP contribution in [0.2, 0.25) is 0 Å². The number of rotatable bonds is 3. The SMILES string of the molecule is COc1ncccc1C(=O)N1CCC2(CC1)C[C@H](c1ccccc1)C(=O)N2. The second kappa shape index (κ2) is 7.02. The van der Waals surface area contributed by atoms with Crippen molar-refractivity contribution in [1.82, 2.24) is 15.2 Å². The number of benzene rings is 1. The molecule has 2 fully saturated rings. The quantitative estimate of drug-likeness (QED) is 0.906. The Bertz CT molecular complexity index is 845. The topological polar surface area (TPSA) is 71.5 Å². The summed E-state index contributed by atoms with van der Waals surface area (Å²) in [7, 11) is 1.52. The molecule has 4 rings (SSSR count). The van der Waals surface area contributed by atoms with Gasteiger partial charge in [0.05, 0.1) is 13.0 Å². The van der Waals surface area contributed by atoms with E-state index < -0.39 is 0 Å². The molecule has 0 saturated carbocycles. The molecule has 1 N–H and O–H groups in total. The summed E-state index contributed by atoms with van der Waals surface area (Å²) in [5.41, 5.74) is 1.33. The molecule has 1 aromatic heterocycles. The minimum atomic E-state index is -0.215. The van der Waals surface area contributed by atoms with Crippen molar-refractivity contribution in [3.05, 3.63) is 59.8 Å². The second-order valence-corrected chi connectivity index (χ2v) is 7.29. The van der Waals surface area contributed by atoms with Crippen molar-refractivity contribution in [2.75, 3.05) is 20.2 Å². The first-order valence-electron chi connectivity index (χ1n) is 9.27. The van der Waals surface area contributed by atoms with Crippen molar-refractivity contribution in [2.45, 2.75) is 30.7 Å². The molecule has 3 heterocycles. The summed E-state index contributed by atoms with van der Waals surface area (Å²) >= 11 is 0. The molecule has 2 aromatic rings. The molecular weight excluding hydrogens is 342 g/mol. The van der Waals surface area contributed by atoms with Crippen LogP contribution >= 0.6 is 0 Å². The third-order valence-electron chi connectivity index (χ3n) is 5.70. The lowest BCUT2D eigenvalue weighted by Gasteiger charge is -2.39. The minimum absolute atomic E-state index is 0.0706. The smallest absolute Gasteiger partial charge is 0.259 e. The van der Waals surface area contributed by atoms with Gasteiger partial charge in [-0.05, 0) is 37.0 Å². The number of hydrogen-bond acceptors (Lipinski definition) is 4. The fourth-order valence-corrected chi connectivity index (χ4v) is 4.19. The van der Waals surface area contributed by atoms with Crippen LogP contribution in [0.25, 0.3) is 0 Å². The minimum Gasteiger partial charge on any atom is -0.480 e. The fourth-order valence-electron chi connectivity index (χ4n) is 4.19. The fraction of sp³-hybridized carbons (Fsp3) is 0.381. The summed E-state index contributed by atoms with van der Waals surface area (Å²) in [4.78, 5) is 31.3. The molecule has 2 amide bonds. The second-order valence-electron chi connectivity index (χ2n) is 7.29. The molecule has 2 aliphatic rings. The van der Waals surface area contributed by atoms with E-state index in [1.807, 2.05) is 35.2 Å². The van der Waals surface area contributed by atoms with Gasteiger partial charge in [0.1, 0.15) is 5.56 Å². The van der Waals surface area contributed by atoms with E-state index in [1.165, 1.54) is 7.11 Å². The van der Waals surface area contributed by atoms with Crippen LogP contribution in [0.3, 0.4) is 0 Å². The molecule has 1 spiro atoms. The van der Waals surface area contributed by atoms with Gasteiger partial charge in [-0.15, -0.1) is 0 Å². The normalized spacial score (nSPS) is 21.1. The van der Waals surface area contributed by atoms with Crippen LogP contribution in [-0.2, 0) is 4.79 Å². The van der Waals surface area contributed by atoms with Gasteiger partial charge in [-0.1, -0.05) is 30.3 Å². The number of aromatic nitrogens is 1. The lowest BCUT2D eigenvalue weighted by Crippen LogP contribution is -2.52. The van der Waals surface area contributed by atoms with Crippen LogP contribution in [0.5, 0.6) is 5.88 Å². The highest BCUT2D eigenvalue weighted by atomic mass is 16.5. The van der Waals surface area contributed by atoms with Crippen molar-refractivity contribution < 1.29 is 14.3 Å². The first kappa shape index (κ1) is 17.5. The van der Waals surface area contributed by atoms with Gasteiger partial charge in [-0.2, -0.15) is 0 Å². The number of methoxy groups -OCH3 is 1. The molecule has 2 aliphatic heterocycles. The maximum absolute atomic E-state index is 12.9. The Kier molecular flexibility index (Phi) is 4.56. The first-order valence-corrected chi connectivity index (χ1v) is 9.27. The Hall–Kier alpha value is -2.89. The zero-order chi connectivity index (χ0) is 18.9. The van der Waals surface area contributed by atoms with Crippen LogP contribution in [0.1, 0.15) is 41.1 Å². The lowest BCUT2D eigenvalue weighted by molar-refractivity contribution is -0.121. The summed E-state index contributed by atoms with van der Waals surface area (Å²) in [6, 6.07) is 13.4. The Morgan fingerprint density at radius 3 is 2.63 bits per heavy atom. The van der Waals surface area contributed by atoms with E-state index in [9.17, 15) is 9.59 Å². The average Bonchev–Trinajstić information content (AvgIpc) is 3.04. The van der Waals surface area contributed by atoms with E-state index in [2.05, 4.69) is 10.3 Å². The number of carbonyl (C=O) groups is 2. The zero-order valence-electron chi connectivity index (χ0n) is 15.4. The van der Waals surface area contributed by atoms with Crippen LogP contribution in [0.15, 0.2) is 48.7 Å². The van der Waals surface area contributed by atoms with Gasteiger partial charge in [0.2, 0.25) is 11.8 Å². The van der Waals surface area contributed by atoms with Crippen LogP contribution in [0, 0.1) is 0 Å². The zero-order valence-corrected chi connectivity index (χ0v) is 15.4. The van der Waals surface area contributed by atoms with Crippen LogP contribution in [0.4, 0.5) is 0 Å². The maximum Gasteiger partial charge on any atom is 0.259 e. The average molecular weight is 365 g/mol. The van der Waals surface area contributed by atoms with Gasteiger partial charge in [0.15, 0.2) is 0 Å². The summed E-state index contributed by atoms with van der Waals surface area (Å²) < 4.78 is 5.21. The molecule has 6 heteroatoms. The van der Waals surface area contributed by atoms with Crippen molar-refractivity contribution in [2.24, 2.45) is 0 Å². The van der Waals surface area contributed by atoms with E-state index in [4.69, 9.17) is 4.74 Å². The van der Waals surface area contributed by atoms with Gasteiger partial charge >= 0.3 is 0 Å². The number of amides is 2. The molecule has 2 saturated heterocycles. The number of hydrogen-bond donors (Lipinski definition) is 1. The third-order valence-corrected chi connectivity index (χ3v) is 5.70. The van der Waals surface area contributed by atoms with Gasteiger partial charge in [-0.25, -0.2) is 4.98 Å². The van der Waals surface area contributed by atoms with E-state index in [-0.39, 0.29) is 23.3 Å². The number of carbonyl (C=O) groups excluding carboxylic acids is 2. The molecule has 0 radical (unpaired) electrons. The van der Waals surface area contributed by atoms with Crippen molar-refractivity contribution >= 4 is 11.8 Å². The highest BCUT2D eigenvalue weighted by molar-refractivity contribution is 5.96. The highest BCUT2D eigenvalue weighted by Gasteiger charge is 2.46. The number of piperidine rings is 1. The van der Waals surface area contributed by atoms with Gasteiger partial charge < -0.3 is 15.0 Å². The van der Waals surface area contributed by atoms with Crippen LogP contribution < -0.4 is 10.1 Å². The van der Waals surface area contributed by atoms with Crippen molar-refractivity contribution in [3.8, 4) is 5.88 Å². The van der Waals surface area contributed by atoms with Crippen molar-refractivity contribution in [3.63, 3.8) is 0 Å². The van der Waals surface area contributed by atoms with Crippen molar-refractivity contribution in [1.29, 1.82) is 0 Å². The molecule has 0 unspecified atom stereocenters. The molecule has 27 heavy (non-hydrogen) atoms. The number of nitrogens with one attached hydrogen (secondary N) is 1. The lowest BCUT2D eigenvalue weighted by atomic mass is 9.82. The monoisotopic (exact) mass is 365 g/mol. The Labute approximate surface area is 158 Å². The van der Waals surface area contributed by atoms with E-state index >= 15 is 0 Å². The summed E-state index contributed by atoms with van der Waals surface area (Å²) in [6.07, 6.45) is 3.92. The van der Waals surface area contributed by atoms with E-state index in [1.54, 1.807) is 18.3 Å². The number of pyridine rings is 1. The Morgan fingerprint density at radius 1 is 1.19 bits per heavy atom. The molecule has 1 aromatic carbocycles. The summed E-state index contributed by atoms with van der Waals surface area (Å²) in [6.45, 7) is 1.22. The summed E-state index contributed by atoms with van der Waals surface area (Å²) in [5.74, 6) is 0.265. The van der Waals surface area contributed by atoms with E-state index in [0.29, 0.717) is 24.5 Å². The molecule has 140 valence electrons. The standard InChI is InChI=1S/C21H23N3O3/c1-27-19-16(8-5-11-22-19)20(26)24-12-9-21(10-13-24)14-17(18(25)23-21)15-6-3-2-4-7-15/h2-8,11,17H,9-10,12-14H2,1H3,(H,23,25)/t17-/m1/s1. The number of ether oxygens (including phenoxy) is 1. The third kappa shape index (κ3) is 3.27. The maximum atomic E-state index is 12.9. The molecule has 0 bridgehead atoms. The Morgan fingerprint density at radius 2 is 1.93 bits per heavy atom. The number of likely N-dealkylation sites (tertiary alicyclic amines) is 1. The van der Waals surface area contributed by atoms with Gasteiger partial charge in [0.25, 0.3) is 5.91 Å². The predicted molar refractivity (Wildman–Crippen MR) is 101 cm³/mol. The molecule has 0 aliphatic carbocycles. The largest absolute Gasteiger partial charge is 0.480 e. The van der Waals surface area contributed by atoms with Crippen LogP contribution in [-0.4, -0.2) is 47.4 Å². The van der Waals surface area contributed by atoms with Gasteiger partial charge in [0, 0.05) is 24.8 Å². The first-order chi connectivity index (χ1) is 13.1.